The highest BCUT2D eigenvalue weighted by atomic mass is 16.3. The van der Waals surface area contributed by atoms with Gasteiger partial charge in [-0.1, -0.05) is 103 Å². The van der Waals surface area contributed by atoms with E-state index in [2.05, 4.69) is 36.4 Å². The van der Waals surface area contributed by atoms with Crippen molar-refractivity contribution in [3.8, 4) is 16.9 Å². The fourth-order valence-electron chi connectivity index (χ4n) is 4.99. The van der Waals surface area contributed by atoms with E-state index in [0.29, 0.717) is 5.39 Å². The normalized spacial score (nSPS) is 12.4. The van der Waals surface area contributed by atoms with E-state index in [1.807, 2.05) is 72.8 Å². The summed E-state index contributed by atoms with van der Waals surface area (Å²) >= 11 is 0. The number of hydrogen-bond donors (Lipinski definition) is 2. The van der Waals surface area contributed by atoms with Crippen molar-refractivity contribution in [3.63, 3.8) is 0 Å². The number of fused-ring (bicyclic) bond motifs is 3. The standard InChI is InChI=1S/C31H22O2/c32-27-16-8-15-26-28(23-18-17-20-9-4-5-12-22(20)19-23)24-13-6-7-14-25(24)30(29(26)27)31(33)21-10-2-1-3-11-21/h1-19,31-33H. The van der Waals surface area contributed by atoms with Gasteiger partial charge in [-0.05, 0) is 55.8 Å². The van der Waals surface area contributed by atoms with Crippen molar-refractivity contribution in [2.75, 3.05) is 0 Å². The number of aliphatic hydroxyl groups is 1. The summed E-state index contributed by atoms with van der Waals surface area (Å²) in [5.74, 6) is 0.172. The maximum absolute atomic E-state index is 11.5. The molecule has 0 amide bonds. The maximum atomic E-state index is 11.5. The van der Waals surface area contributed by atoms with E-state index in [1.54, 1.807) is 6.07 Å². The van der Waals surface area contributed by atoms with E-state index in [4.69, 9.17) is 0 Å². The van der Waals surface area contributed by atoms with Crippen LogP contribution in [0.5, 0.6) is 5.75 Å². The third-order valence-corrected chi connectivity index (χ3v) is 6.49. The molecular formula is C31H22O2. The molecule has 0 heterocycles. The zero-order chi connectivity index (χ0) is 22.4. The average molecular weight is 427 g/mol. The van der Waals surface area contributed by atoms with Crippen LogP contribution < -0.4 is 0 Å². The van der Waals surface area contributed by atoms with Crippen LogP contribution in [-0.2, 0) is 0 Å². The Hall–Kier alpha value is -4.14. The van der Waals surface area contributed by atoms with Crippen molar-refractivity contribution >= 4 is 32.3 Å². The lowest BCUT2D eigenvalue weighted by Gasteiger charge is -2.21. The highest BCUT2D eigenvalue weighted by molar-refractivity contribution is 6.17. The molecule has 2 nitrogen and oxygen atoms in total. The van der Waals surface area contributed by atoms with Gasteiger partial charge in [0.1, 0.15) is 11.9 Å². The van der Waals surface area contributed by atoms with E-state index >= 15 is 0 Å². The van der Waals surface area contributed by atoms with Crippen molar-refractivity contribution in [2.45, 2.75) is 6.10 Å². The minimum absolute atomic E-state index is 0.172. The molecule has 6 aromatic rings. The second-order valence-corrected chi connectivity index (χ2v) is 8.41. The van der Waals surface area contributed by atoms with Gasteiger partial charge in [0.15, 0.2) is 0 Å². The van der Waals surface area contributed by atoms with Gasteiger partial charge in [-0.25, -0.2) is 0 Å². The molecule has 0 aliphatic carbocycles. The Morgan fingerprint density at radius 3 is 2.03 bits per heavy atom. The van der Waals surface area contributed by atoms with Gasteiger partial charge in [-0.15, -0.1) is 0 Å². The number of aliphatic hydroxyl groups excluding tert-OH is 1. The molecule has 0 fully saturated rings. The Morgan fingerprint density at radius 2 is 1.21 bits per heavy atom. The predicted octanol–water partition coefficient (Wildman–Crippen LogP) is 7.60. The Labute approximate surface area is 192 Å². The summed E-state index contributed by atoms with van der Waals surface area (Å²) in [6, 6.07) is 38.2. The quantitative estimate of drug-likeness (QED) is 0.286. The predicted molar refractivity (Wildman–Crippen MR) is 137 cm³/mol. The third-order valence-electron chi connectivity index (χ3n) is 6.49. The molecule has 0 bridgehead atoms. The maximum Gasteiger partial charge on any atom is 0.123 e. The molecular weight excluding hydrogens is 404 g/mol. The summed E-state index contributed by atoms with van der Waals surface area (Å²) in [4.78, 5) is 0. The van der Waals surface area contributed by atoms with Crippen LogP contribution in [0.25, 0.3) is 43.4 Å². The van der Waals surface area contributed by atoms with Crippen molar-refractivity contribution in [1.29, 1.82) is 0 Å². The molecule has 0 aromatic heterocycles. The van der Waals surface area contributed by atoms with Crippen molar-refractivity contribution in [2.24, 2.45) is 0 Å². The molecule has 0 aliphatic heterocycles. The summed E-state index contributed by atoms with van der Waals surface area (Å²) < 4.78 is 0. The van der Waals surface area contributed by atoms with Gasteiger partial charge in [0.05, 0.1) is 0 Å². The average Bonchev–Trinajstić information content (AvgIpc) is 2.87. The van der Waals surface area contributed by atoms with Gasteiger partial charge in [0, 0.05) is 10.9 Å². The second kappa shape index (κ2) is 7.77. The molecule has 1 unspecified atom stereocenters. The van der Waals surface area contributed by atoms with Crippen molar-refractivity contribution in [3.05, 3.63) is 126 Å². The Morgan fingerprint density at radius 1 is 0.545 bits per heavy atom. The van der Waals surface area contributed by atoms with E-state index < -0.39 is 6.10 Å². The zero-order valence-electron chi connectivity index (χ0n) is 17.9. The lowest BCUT2D eigenvalue weighted by molar-refractivity contribution is 0.223. The highest BCUT2D eigenvalue weighted by Gasteiger charge is 2.23. The lowest BCUT2D eigenvalue weighted by Crippen LogP contribution is -2.03. The first-order valence-corrected chi connectivity index (χ1v) is 11.1. The van der Waals surface area contributed by atoms with Gasteiger partial charge in [0.2, 0.25) is 0 Å². The second-order valence-electron chi connectivity index (χ2n) is 8.41. The van der Waals surface area contributed by atoms with E-state index in [-0.39, 0.29) is 5.75 Å². The van der Waals surface area contributed by atoms with Gasteiger partial charge < -0.3 is 10.2 Å². The topological polar surface area (TPSA) is 40.5 Å². The van der Waals surface area contributed by atoms with Gasteiger partial charge >= 0.3 is 0 Å². The SMILES string of the molecule is Oc1cccc2c(-c3ccc4ccccc4c3)c3ccccc3c(C(O)c3ccccc3)c12. The molecule has 2 N–H and O–H groups in total. The van der Waals surface area contributed by atoms with Crippen LogP contribution in [0.3, 0.4) is 0 Å². The molecule has 1 atom stereocenters. The first-order chi connectivity index (χ1) is 16.2. The van der Waals surface area contributed by atoms with Gasteiger partial charge in [0.25, 0.3) is 0 Å². The fraction of sp³-hybridized carbons (Fsp3) is 0.0323. The molecule has 2 heteroatoms. The monoisotopic (exact) mass is 426 g/mol. The molecule has 6 aromatic carbocycles. The summed E-state index contributed by atoms with van der Waals surface area (Å²) in [5.41, 5.74) is 3.67. The van der Waals surface area contributed by atoms with Crippen LogP contribution in [0.2, 0.25) is 0 Å². The minimum Gasteiger partial charge on any atom is -0.507 e. The Bertz CT molecular complexity index is 1630. The number of benzene rings is 6. The van der Waals surface area contributed by atoms with Crippen LogP contribution in [0.15, 0.2) is 115 Å². The van der Waals surface area contributed by atoms with Crippen LogP contribution in [-0.4, -0.2) is 10.2 Å². The number of aromatic hydroxyl groups is 1. The van der Waals surface area contributed by atoms with E-state index in [9.17, 15) is 10.2 Å². The lowest BCUT2D eigenvalue weighted by atomic mass is 9.84. The molecule has 0 aliphatic rings. The highest BCUT2D eigenvalue weighted by Crippen LogP contribution is 2.45. The van der Waals surface area contributed by atoms with Crippen molar-refractivity contribution < 1.29 is 10.2 Å². The summed E-state index contributed by atoms with van der Waals surface area (Å²) in [7, 11) is 0. The molecule has 0 saturated carbocycles. The third kappa shape index (κ3) is 3.15. The Kier molecular flexibility index (Phi) is 4.60. The van der Waals surface area contributed by atoms with Crippen molar-refractivity contribution in [1.82, 2.24) is 0 Å². The fourth-order valence-corrected chi connectivity index (χ4v) is 4.99. The van der Waals surface area contributed by atoms with Crippen LogP contribution in [0.4, 0.5) is 0 Å². The molecule has 33 heavy (non-hydrogen) atoms. The van der Waals surface area contributed by atoms with Crippen LogP contribution >= 0.6 is 0 Å². The summed E-state index contributed by atoms with van der Waals surface area (Å²) in [6.07, 6.45) is -0.863. The molecule has 0 radical (unpaired) electrons. The van der Waals surface area contributed by atoms with Gasteiger partial charge in [-0.2, -0.15) is 0 Å². The van der Waals surface area contributed by atoms with E-state index in [1.165, 1.54) is 10.8 Å². The first-order valence-electron chi connectivity index (χ1n) is 11.1. The molecule has 0 saturated heterocycles. The molecule has 0 spiro atoms. The zero-order valence-corrected chi connectivity index (χ0v) is 17.9. The minimum atomic E-state index is -0.863. The number of hydrogen-bond acceptors (Lipinski definition) is 2. The summed E-state index contributed by atoms with van der Waals surface area (Å²) in [6.45, 7) is 0. The number of rotatable bonds is 3. The smallest absolute Gasteiger partial charge is 0.123 e. The van der Waals surface area contributed by atoms with E-state index in [0.717, 1.165) is 38.4 Å². The Balaban J connectivity index is 1.75. The van der Waals surface area contributed by atoms with Crippen LogP contribution in [0, 0.1) is 0 Å². The largest absolute Gasteiger partial charge is 0.507 e. The molecule has 6 rings (SSSR count). The van der Waals surface area contributed by atoms with Gasteiger partial charge in [-0.3, -0.25) is 0 Å². The van der Waals surface area contributed by atoms with Crippen LogP contribution in [0.1, 0.15) is 17.2 Å². The number of phenolic OH excluding ortho intramolecular Hbond substituents is 1. The summed E-state index contributed by atoms with van der Waals surface area (Å²) in [5, 5.41) is 28.5. The molecule has 158 valence electrons. The number of phenols is 1. The first kappa shape index (κ1) is 19.5.